The Bertz CT molecular complexity index is 942. The molecule has 0 spiro atoms. The van der Waals surface area contributed by atoms with Gasteiger partial charge in [-0.3, -0.25) is 9.69 Å². The van der Waals surface area contributed by atoms with E-state index in [0.717, 1.165) is 18.7 Å². The van der Waals surface area contributed by atoms with E-state index in [2.05, 4.69) is 34.3 Å². The van der Waals surface area contributed by atoms with Crippen LogP contribution in [0, 0.1) is 6.92 Å². The lowest BCUT2D eigenvalue weighted by molar-refractivity contribution is -0.134. The van der Waals surface area contributed by atoms with Gasteiger partial charge in [-0.25, -0.2) is 0 Å². The summed E-state index contributed by atoms with van der Waals surface area (Å²) in [5, 5.41) is 8.17. The van der Waals surface area contributed by atoms with E-state index in [-0.39, 0.29) is 17.9 Å². The minimum absolute atomic E-state index is 0.115. The van der Waals surface area contributed by atoms with Crippen molar-refractivity contribution >= 4 is 5.91 Å². The van der Waals surface area contributed by atoms with Gasteiger partial charge in [0.1, 0.15) is 0 Å². The molecule has 2 aromatic carbocycles. The maximum absolute atomic E-state index is 13.3. The minimum atomic E-state index is -0.236. The van der Waals surface area contributed by atoms with E-state index < -0.39 is 0 Å². The first-order valence-corrected chi connectivity index (χ1v) is 9.99. The maximum atomic E-state index is 13.3. The number of hydrogen-bond acceptors (Lipinski definition) is 5. The smallest absolute Gasteiger partial charge is 0.224 e. The van der Waals surface area contributed by atoms with Gasteiger partial charge in [-0.2, -0.15) is 0 Å². The van der Waals surface area contributed by atoms with Crippen LogP contribution >= 0.6 is 0 Å². The topological polar surface area (TPSA) is 62.5 Å². The molecule has 3 aromatic rings. The van der Waals surface area contributed by atoms with Crippen molar-refractivity contribution in [3.05, 3.63) is 83.6 Å². The monoisotopic (exact) mass is 390 g/mol. The van der Waals surface area contributed by atoms with Gasteiger partial charge in [0, 0.05) is 33.0 Å². The van der Waals surface area contributed by atoms with Crippen molar-refractivity contribution in [3.63, 3.8) is 0 Å². The number of carbonyl (C=O) groups is 1. The second kappa shape index (κ2) is 8.57. The second-order valence-corrected chi connectivity index (χ2v) is 7.57. The summed E-state index contributed by atoms with van der Waals surface area (Å²) in [6.07, 6.45) is 0.316. The molecule has 1 aromatic heterocycles. The van der Waals surface area contributed by atoms with Crippen molar-refractivity contribution in [1.29, 1.82) is 0 Å². The number of amides is 1. The quantitative estimate of drug-likeness (QED) is 0.668. The van der Waals surface area contributed by atoms with Gasteiger partial charge in [0.05, 0.1) is 12.0 Å². The highest BCUT2D eigenvalue weighted by Crippen LogP contribution is 2.30. The molecule has 1 amide bonds. The zero-order valence-corrected chi connectivity index (χ0v) is 16.9. The molecule has 0 N–H and O–H groups in total. The van der Waals surface area contributed by atoms with Crippen molar-refractivity contribution in [2.45, 2.75) is 25.3 Å². The lowest BCUT2D eigenvalue weighted by atomic mass is 9.94. The van der Waals surface area contributed by atoms with Crippen molar-refractivity contribution in [1.82, 2.24) is 20.0 Å². The van der Waals surface area contributed by atoms with Gasteiger partial charge in [0.25, 0.3) is 0 Å². The zero-order chi connectivity index (χ0) is 20.2. The van der Waals surface area contributed by atoms with E-state index in [0.29, 0.717) is 24.7 Å². The molecule has 150 valence electrons. The number of aryl methyl sites for hydroxylation is 1. The number of nitrogens with zero attached hydrogens (tertiary/aromatic N) is 4. The molecule has 1 saturated heterocycles. The predicted molar refractivity (Wildman–Crippen MR) is 110 cm³/mol. The average Bonchev–Trinajstić information content (AvgIpc) is 3.19. The van der Waals surface area contributed by atoms with Crippen molar-refractivity contribution in [2.75, 3.05) is 26.7 Å². The van der Waals surface area contributed by atoms with E-state index >= 15 is 0 Å². The molecule has 2 atom stereocenters. The normalized spacial score (nSPS) is 18.6. The zero-order valence-electron chi connectivity index (χ0n) is 16.9. The first kappa shape index (κ1) is 19.3. The van der Waals surface area contributed by atoms with Gasteiger partial charge >= 0.3 is 0 Å². The predicted octanol–water partition coefficient (Wildman–Crippen LogP) is 3.42. The number of benzene rings is 2. The molecule has 0 aliphatic carbocycles. The number of piperazine rings is 1. The number of aromatic nitrogens is 2. The number of carbonyl (C=O) groups excluding carboxylic acids is 1. The Morgan fingerprint density at radius 2 is 1.76 bits per heavy atom. The van der Waals surface area contributed by atoms with Gasteiger partial charge < -0.3 is 9.32 Å². The molecule has 0 saturated carbocycles. The van der Waals surface area contributed by atoms with Crippen LogP contribution < -0.4 is 0 Å². The maximum Gasteiger partial charge on any atom is 0.224 e. The van der Waals surface area contributed by atoms with Crippen molar-refractivity contribution in [3.8, 4) is 0 Å². The molecule has 1 aliphatic rings. The lowest BCUT2D eigenvalue weighted by Gasteiger charge is -2.40. The molecule has 29 heavy (non-hydrogen) atoms. The van der Waals surface area contributed by atoms with Crippen LogP contribution in [0.1, 0.15) is 41.3 Å². The summed E-state index contributed by atoms with van der Waals surface area (Å²) < 4.78 is 5.69. The summed E-state index contributed by atoms with van der Waals surface area (Å²) in [6.45, 7) is 4.03. The fraction of sp³-hybridized carbons (Fsp3) is 0.348. The summed E-state index contributed by atoms with van der Waals surface area (Å²) in [5.41, 5.74) is 2.25. The van der Waals surface area contributed by atoms with Crippen LogP contribution in [0.25, 0.3) is 0 Å². The Kier molecular flexibility index (Phi) is 5.71. The highest BCUT2D eigenvalue weighted by Gasteiger charge is 2.31. The summed E-state index contributed by atoms with van der Waals surface area (Å²) in [4.78, 5) is 17.5. The van der Waals surface area contributed by atoms with Gasteiger partial charge in [-0.1, -0.05) is 60.7 Å². The van der Waals surface area contributed by atoms with Crippen LogP contribution in [0.3, 0.4) is 0 Å². The van der Waals surface area contributed by atoms with E-state index in [4.69, 9.17) is 4.42 Å². The number of hydrogen-bond donors (Lipinski definition) is 0. The van der Waals surface area contributed by atoms with Gasteiger partial charge in [0.2, 0.25) is 17.7 Å². The second-order valence-electron chi connectivity index (χ2n) is 7.57. The van der Waals surface area contributed by atoms with Crippen LogP contribution in [0.2, 0.25) is 0 Å². The van der Waals surface area contributed by atoms with Crippen LogP contribution in [0.4, 0.5) is 0 Å². The summed E-state index contributed by atoms with van der Waals surface area (Å²) in [7, 11) is 2.12. The number of rotatable bonds is 5. The Morgan fingerprint density at radius 3 is 2.41 bits per heavy atom. The Balaban J connectivity index is 1.53. The van der Waals surface area contributed by atoms with Gasteiger partial charge in [-0.15, -0.1) is 10.2 Å². The largest absolute Gasteiger partial charge is 0.425 e. The Labute approximate surface area is 171 Å². The van der Waals surface area contributed by atoms with E-state index in [1.807, 2.05) is 53.4 Å². The van der Waals surface area contributed by atoms with Crippen LogP contribution in [-0.2, 0) is 4.79 Å². The molecule has 2 unspecified atom stereocenters. The van der Waals surface area contributed by atoms with E-state index in [1.165, 1.54) is 5.56 Å². The first-order chi connectivity index (χ1) is 14.1. The molecule has 6 heteroatoms. The average molecular weight is 390 g/mol. The molecular weight excluding hydrogens is 364 g/mol. The highest BCUT2D eigenvalue weighted by atomic mass is 16.4. The first-order valence-electron chi connectivity index (χ1n) is 9.99. The van der Waals surface area contributed by atoms with Crippen LogP contribution in [-0.4, -0.2) is 52.6 Å². The lowest BCUT2D eigenvalue weighted by Crippen LogP contribution is -2.49. The van der Waals surface area contributed by atoms with Crippen molar-refractivity contribution < 1.29 is 9.21 Å². The standard InChI is InChI=1S/C23H26N4O2/c1-17-24-25-23(29-17)20(18-9-5-3-6-10-18)15-22(28)27-14-13-26(2)21(16-27)19-11-7-4-8-12-19/h3-12,20-21H,13-16H2,1-2H3. The van der Waals surface area contributed by atoms with Crippen molar-refractivity contribution in [2.24, 2.45) is 0 Å². The molecule has 0 bridgehead atoms. The third-order valence-corrected chi connectivity index (χ3v) is 5.61. The third-order valence-electron chi connectivity index (χ3n) is 5.61. The molecule has 2 heterocycles. The molecule has 1 fully saturated rings. The fourth-order valence-electron chi connectivity index (χ4n) is 3.92. The van der Waals surface area contributed by atoms with E-state index in [1.54, 1.807) is 6.92 Å². The Morgan fingerprint density at radius 1 is 1.07 bits per heavy atom. The molecule has 6 nitrogen and oxygen atoms in total. The summed E-state index contributed by atoms with van der Waals surface area (Å²) >= 11 is 0. The molecule has 4 rings (SSSR count). The van der Waals surface area contributed by atoms with Gasteiger partial charge in [0.15, 0.2) is 0 Å². The van der Waals surface area contributed by atoms with E-state index in [9.17, 15) is 4.79 Å². The molecule has 1 aliphatic heterocycles. The number of likely N-dealkylation sites (N-methyl/N-ethyl adjacent to an activating group) is 1. The summed E-state index contributed by atoms with van der Waals surface area (Å²) in [5.74, 6) is 0.886. The molecule has 0 radical (unpaired) electrons. The van der Waals surface area contributed by atoms with Gasteiger partial charge in [-0.05, 0) is 18.2 Å². The van der Waals surface area contributed by atoms with Crippen LogP contribution in [0.15, 0.2) is 65.1 Å². The SMILES string of the molecule is Cc1nnc(C(CC(=O)N2CCN(C)C(c3ccccc3)C2)c2ccccc2)o1. The minimum Gasteiger partial charge on any atom is -0.425 e. The summed E-state index contributed by atoms with van der Waals surface area (Å²) in [6, 6.07) is 20.5. The Hall–Kier alpha value is -2.99. The molecular formula is C23H26N4O2. The highest BCUT2D eigenvalue weighted by molar-refractivity contribution is 5.77. The third kappa shape index (κ3) is 4.38. The van der Waals surface area contributed by atoms with Crippen LogP contribution in [0.5, 0.6) is 0 Å². The fourth-order valence-corrected chi connectivity index (χ4v) is 3.92.